The van der Waals surface area contributed by atoms with Crippen LogP contribution in [0.25, 0.3) is 0 Å². The minimum absolute atomic E-state index is 0.0560. The summed E-state index contributed by atoms with van der Waals surface area (Å²) >= 11 is 0. The molecule has 1 N–H and O–H groups in total. The minimum Gasteiger partial charge on any atom is -0.480 e. The second-order valence-corrected chi connectivity index (χ2v) is 14.7. The number of fused-ring (bicyclic) bond motifs is 7. The molecule has 0 saturated heterocycles. The summed E-state index contributed by atoms with van der Waals surface area (Å²) in [4.78, 5) is 40.0. The summed E-state index contributed by atoms with van der Waals surface area (Å²) < 4.78 is 0. The molecule has 0 aromatic heterocycles. The highest BCUT2D eigenvalue weighted by molar-refractivity contribution is 6.15. The maximum atomic E-state index is 14.3. The van der Waals surface area contributed by atoms with Gasteiger partial charge in [-0.3, -0.25) is 14.4 Å². The quantitative estimate of drug-likeness (QED) is 0.435. The summed E-state index contributed by atoms with van der Waals surface area (Å²) in [7, 11) is 0. The van der Waals surface area contributed by atoms with Gasteiger partial charge in [0.15, 0.2) is 11.6 Å². The number of ketones is 2. The van der Waals surface area contributed by atoms with E-state index in [1.165, 1.54) is 25.3 Å². The van der Waals surface area contributed by atoms with Crippen molar-refractivity contribution in [1.29, 1.82) is 5.26 Å². The van der Waals surface area contributed by atoms with E-state index in [0.29, 0.717) is 18.8 Å². The van der Waals surface area contributed by atoms with Gasteiger partial charge in [0.05, 0.1) is 5.57 Å². The van der Waals surface area contributed by atoms with Crippen molar-refractivity contribution in [3.63, 3.8) is 0 Å². The molecular formula is C31H41NO4. The van der Waals surface area contributed by atoms with Crippen LogP contribution in [0.2, 0.25) is 0 Å². The topological polar surface area (TPSA) is 95.2 Å². The second kappa shape index (κ2) is 7.21. The van der Waals surface area contributed by atoms with Crippen molar-refractivity contribution >= 4 is 17.5 Å². The van der Waals surface area contributed by atoms with Gasteiger partial charge < -0.3 is 5.11 Å². The molecule has 0 spiro atoms. The number of carboxylic acid groups (broad SMARTS) is 1. The van der Waals surface area contributed by atoms with E-state index in [4.69, 9.17) is 0 Å². The van der Waals surface area contributed by atoms with Crippen molar-refractivity contribution in [2.75, 3.05) is 0 Å². The largest absolute Gasteiger partial charge is 0.480 e. The Morgan fingerprint density at radius 3 is 2.25 bits per heavy atom. The maximum Gasteiger partial charge on any atom is 0.317 e. The second-order valence-electron chi connectivity index (χ2n) is 14.7. The molecule has 36 heavy (non-hydrogen) atoms. The molecule has 0 amide bonds. The van der Waals surface area contributed by atoms with E-state index >= 15 is 0 Å². The summed E-state index contributed by atoms with van der Waals surface area (Å²) in [6.45, 7) is 15.1. The molecule has 5 aliphatic carbocycles. The molecule has 8 atom stereocenters. The number of nitrogens with zero attached hydrogens (tertiary/aromatic N) is 1. The number of Topliss-reactive ketones (excluding diaryl/α,β-unsaturated/α-hetero) is 1. The van der Waals surface area contributed by atoms with E-state index in [1.807, 2.05) is 19.1 Å². The monoisotopic (exact) mass is 491 g/mol. The number of nitriles is 1. The molecule has 0 bridgehead atoms. The molecule has 3 saturated carbocycles. The molecule has 5 nitrogen and oxygen atoms in total. The fourth-order valence-electron chi connectivity index (χ4n) is 9.90. The highest BCUT2D eigenvalue weighted by Gasteiger charge is 2.71. The van der Waals surface area contributed by atoms with E-state index in [1.54, 1.807) is 6.08 Å². The van der Waals surface area contributed by atoms with Gasteiger partial charge in [0.25, 0.3) is 0 Å². The smallest absolute Gasteiger partial charge is 0.317 e. The zero-order chi connectivity index (χ0) is 26.7. The number of hydrogen-bond donors (Lipinski definition) is 1. The maximum absolute atomic E-state index is 14.3. The Kier molecular flexibility index (Phi) is 5.09. The zero-order valence-corrected chi connectivity index (χ0v) is 23.0. The molecule has 5 heteroatoms. The van der Waals surface area contributed by atoms with Crippen molar-refractivity contribution in [2.45, 2.75) is 93.4 Å². The Bertz CT molecular complexity index is 1190. The van der Waals surface area contributed by atoms with Gasteiger partial charge in [-0.15, -0.1) is 0 Å². The first-order chi connectivity index (χ1) is 16.5. The van der Waals surface area contributed by atoms with Crippen LogP contribution in [-0.4, -0.2) is 22.6 Å². The lowest BCUT2D eigenvalue weighted by atomic mass is 9.34. The van der Waals surface area contributed by atoms with E-state index < -0.39 is 34.4 Å². The molecule has 5 rings (SSSR count). The van der Waals surface area contributed by atoms with Crippen LogP contribution in [0.5, 0.6) is 0 Å². The Labute approximate surface area is 215 Å². The van der Waals surface area contributed by atoms with E-state index in [2.05, 4.69) is 34.6 Å². The highest BCUT2D eigenvalue weighted by Crippen LogP contribution is 2.74. The third-order valence-electron chi connectivity index (χ3n) is 12.4. The summed E-state index contributed by atoms with van der Waals surface area (Å²) in [6.07, 6.45) is 10.5. The summed E-state index contributed by atoms with van der Waals surface area (Å²) in [6, 6.07) is 1.98. The van der Waals surface area contributed by atoms with Crippen LogP contribution in [0.15, 0.2) is 23.3 Å². The lowest BCUT2D eigenvalue weighted by molar-refractivity contribution is -0.182. The highest BCUT2D eigenvalue weighted by atomic mass is 16.4. The molecule has 194 valence electrons. The van der Waals surface area contributed by atoms with Gasteiger partial charge in [0.1, 0.15) is 11.5 Å². The number of carboxylic acids is 1. The molecule has 0 aromatic carbocycles. The molecule has 3 fully saturated rings. The average molecular weight is 492 g/mol. The van der Waals surface area contributed by atoms with E-state index in [-0.39, 0.29) is 33.0 Å². The number of allylic oxidation sites excluding steroid dienone is 4. The van der Waals surface area contributed by atoms with Crippen molar-refractivity contribution in [3.8, 4) is 6.07 Å². The number of aliphatic carboxylic acids is 1. The van der Waals surface area contributed by atoms with E-state index in [0.717, 1.165) is 19.3 Å². The third kappa shape index (κ3) is 2.85. The third-order valence-corrected chi connectivity index (χ3v) is 12.4. The fourth-order valence-corrected chi connectivity index (χ4v) is 9.90. The van der Waals surface area contributed by atoms with Crippen LogP contribution in [0.4, 0.5) is 0 Å². The Balaban J connectivity index is 1.71. The van der Waals surface area contributed by atoms with Crippen molar-refractivity contribution in [2.24, 2.45) is 50.2 Å². The molecule has 0 heterocycles. The lowest BCUT2D eigenvalue weighted by Crippen LogP contribution is -2.66. The predicted octanol–water partition coefficient (Wildman–Crippen LogP) is 6.29. The summed E-state index contributed by atoms with van der Waals surface area (Å²) in [5, 5.41) is 20.1. The van der Waals surface area contributed by atoms with Gasteiger partial charge in [-0.25, -0.2) is 0 Å². The average Bonchev–Trinajstić information content (AvgIpc) is 2.78. The lowest BCUT2D eigenvalue weighted by Gasteiger charge is -2.69. The molecular weight excluding hydrogens is 450 g/mol. The van der Waals surface area contributed by atoms with Gasteiger partial charge in [0, 0.05) is 11.3 Å². The SMILES string of the molecule is CC1(C)CC[C@]2(C)CC[C@]3(C)C(=CC(=O)[C@@H]4[C@@]5(C)C=C(C#N)C(=O)C(C)(C(=O)O)C5CC[C@]43C)[C@H]2C1. The first-order valence-electron chi connectivity index (χ1n) is 13.7. The van der Waals surface area contributed by atoms with Crippen molar-refractivity contribution in [3.05, 3.63) is 23.3 Å². The Morgan fingerprint density at radius 1 is 1.00 bits per heavy atom. The van der Waals surface area contributed by atoms with Gasteiger partial charge in [-0.2, -0.15) is 5.26 Å². The Hall–Kier alpha value is -2.22. The number of rotatable bonds is 1. The molecule has 5 aliphatic rings. The predicted molar refractivity (Wildman–Crippen MR) is 137 cm³/mol. The minimum atomic E-state index is -1.71. The zero-order valence-electron chi connectivity index (χ0n) is 23.0. The van der Waals surface area contributed by atoms with E-state index in [9.17, 15) is 24.8 Å². The number of hydrogen-bond acceptors (Lipinski definition) is 4. The van der Waals surface area contributed by atoms with Gasteiger partial charge in [-0.05, 0) is 91.4 Å². The normalized spacial score (nSPS) is 49.3. The molecule has 0 radical (unpaired) electrons. The van der Waals surface area contributed by atoms with Crippen molar-refractivity contribution < 1.29 is 19.5 Å². The first-order valence-corrected chi connectivity index (χ1v) is 13.7. The van der Waals surface area contributed by atoms with Crippen LogP contribution in [-0.2, 0) is 14.4 Å². The molecule has 0 aromatic rings. The van der Waals surface area contributed by atoms with Crippen molar-refractivity contribution in [1.82, 2.24) is 0 Å². The molecule has 2 unspecified atom stereocenters. The summed E-state index contributed by atoms with van der Waals surface area (Å²) in [5.74, 6) is -2.39. The van der Waals surface area contributed by atoms with Gasteiger partial charge in [-0.1, -0.05) is 53.2 Å². The number of carbonyl (C=O) groups is 3. The van der Waals surface area contributed by atoms with Crippen LogP contribution in [0.1, 0.15) is 93.4 Å². The van der Waals surface area contributed by atoms with Crippen LogP contribution < -0.4 is 0 Å². The summed E-state index contributed by atoms with van der Waals surface area (Å²) in [5.41, 5.74) is -1.50. The van der Waals surface area contributed by atoms with Crippen LogP contribution in [0, 0.1) is 61.6 Å². The standard InChI is InChI=1S/C31H41NO4/c1-26(2)10-11-27(3)12-13-29(5)19(20(27)16-26)14-21(33)23-28(4)15-18(17-32)24(34)31(7,25(35)36)22(28)8-9-30(23,29)6/h14-15,20,22-23H,8-13,16H2,1-7H3,(H,35,36)/t20-,22?,23-,27-,28+,29-,30-,31?/m1/s1. The Morgan fingerprint density at radius 2 is 1.64 bits per heavy atom. The van der Waals surface area contributed by atoms with Crippen LogP contribution in [0.3, 0.4) is 0 Å². The first kappa shape index (κ1) is 25.4. The van der Waals surface area contributed by atoms with Crippen LogP contribution >= 0.6 is 0 Å². The number of carbonyl (C=O) groups excluding carboxylic acids is 2. The van der Waals surface area contributed by atoms with Gasteiger partial charge >= 0.3 is 5.97 Å². The van der Waals surface area contributed by atoms with Gasteiger partial charge in [0.2, 0.25) is 0 Å². The molecule has 0 aliphatic heterocycles. The fraction of sp³-hybridized carbons (Fsp3) is 0.742.